The zero-order chi connectivity index (χ0) is 9.23. The SMILES string of the molecule is CCCCNCCSCC(C)C. The van der Waals surface area contributed by atoms with E-state index in [-0.39, 0.29) is 0 Å². The van der Waals surface area contributed by atoms with E-state index in [1.54, 1.807) is 0 Å². The van der Waals surface area contributed by atoms with Gasteiger partial charge in [-0.2, -0.15) is 11.8 Å². The Hall–Kier alpha value is 0.310. The molecule has 0 saturated carbocycles. The smallest absolute Gasteiger partial charge is 0.00582 e. The van der Waals surface area contributed by atoms with Gasteiger partial charge in [0.25, 0.3) is 0 Å². The molecule has 0 aromatic rings. The van der Waals surface area contributed by atoms with Gasteiger partial charge >= 0.3 is 0 Å². The van der Waals surface area contributed by atoms with Crippen LogP contribution < -0.4 is 5.32 Å². The highest BCUT2D eigenvalue weighted by molar-refractivity contribution is 7.99. The lowest BCUT2D eigenvalue weighted by molar-refractivity contribution is 0.665. The van der Waals surface area contributed by atoms with Crippen LogP contribution in [0.4, 0.5) is 0 Å². The van der Waals surface area contributed by atoms with Crippen molar-refractivity contribution in [1.82, 2.24) is 5.32 Å². The standard InChI is InChI=1S/C10H23NS/c1-4-5-6-11-7-8-12-9-10(2)3/h10-11H,4-9H2,1-3H3. The minimum Gasteiger partial charge on any atom is -0.316 e. The lowest BCUT2D eigenvalue weighted by atomic mass is 10.3. The summed E-state index contributed by atoms with van der Waals surface area (Å²) in [5.74, 6) is 3.41. The maximum absolute atomic E-state index is 3.44. The third-order valence-corrected chi connectivity index (χ3v) is 2.98. The van der Waals surface area contributed by atoms with Crippen molar-refractivity contribution >= 4 is 11.8 Å². The molecule has 0 aliphatic carbocycles. The first-order valence-corrected chi connectivity index (χ1v) is 6.21. The second kappa shape index (κ2) is 9.40. The summed E-state index contributed by atoms with van der Waals surface area (Å²) in [7, 11) is 0. The van der Waals surface area contributed by atoms with Crippen molar-refractivity contribution in [2.75, 3.05) is 24.6 Å². The normalized spacial score (nSPS) is 11.0. The predicted octanol–water partition coefficient (Wildman–Crippen LogP) is 2.77. The third-order valence-electron chi connectivity index (χ3n) is 1.58. The fourth-order valence-corrected chi connectivity index (χ4v) is 1.82. The van der Waals surface area contributed by atoms with Crippen LogP contribution in [0.5, 0.6) is 0 Å². The summed E-state index contributed by atoms with van der Waals surface area (Å²) in [5, 5.41) is 3.44. The molecule has 0 aliphatic rings. The number of hydrogen-bond donors (Lipinski definition) is 1. The van der Waals surface area contributed by atoms with E-state index in [1.165, 1.54) is 37.4 Å². The summed E-state index contributed by atoms with van der Waals surface area (Å²) >= 11 is 2.06. The van der Waals surface area contributed by atoms with E-state index in [9.17, 15) is 0 Å². The van der Waals surface area contributed by atoms with E-state index in [0.717, 1.165) is 5.92 Å². The molecule has 1 nitrogen and oxygen atoms in total. The maximum Gasteiger partial charge on any atom is 0.00582 e. The van der Waals surface area contributed by atoms with Gasteiger partial charge in [-0.25, -0.2) is 0 Å². The molecule has 0 heterocycles. The minimum atomic E-state index is 0.839. The summed E-state index contributed by atoms with van der Waals surface area (Å²) in [4.78, 5) is 0. The minimum absolute atomic E-state index is 0.839. The van der Waals surface area contributed by atoms with E-state index >= 15 is 0 Å². The molecular formula is C10H23NS. The topological polar surface area (TPSA) is 12.0 Å². The predicted molar refractivity (Wildman–Crippen MR) is 59.9 cm³/mol. The molecule has 0 aromatic carbocycles. The first-order valence-electron chi connectivity index (χ1n) is 5.05. The van der Waals surface area contributed by atoms with Gasteiger partial charge in [0.2, 0.25) is 0 Å². The molecule has 74 valence electrons. The van der Waals surface area contributed by atoms with E-state index < -0.39 is 0 Å². The Labute approximate surface area is 81.7 Å². The second-order valence-corrected chi connectivity index (χ2v) is 4.72. The van der Waals surface area contributed by atoms with Crippen LogP contribution in [0.3, 0.4) is 0 Å². The largest absolute Gasteiger partial charge is 0.316 e. The quantitative estimate of drug-likeness (QED) is 0.589. The molecule has 0 amide bonds. The highest BCUT2D eigenvalue weighted by Gasteiger charge is 1.93. The molecule has 0 rings (SSSR count). The van der Waals surface area contributed by atoms with Crippen LogP contribution in [0, 0.1) is 5.92 Å². The fourth-order valence-electron chi connectivity index (χ4n) is 0.890. The number of nitrogens with one attached hydrogen (secondary N) is 1. The Morgan fingerprint density at radius 2 is 2.00 bits per heavy atom. The molecule has 0 atom stereocenters. The van der Waals surface area contributed by atoms with Crippen molar-refractivity contribution in [3.8, 4) is 0 Å². The second-order valence-electron chi connectivity index (χ2n) is 3.57. The lowest BCUT2D eigenvalue weighted by Gasteiger charge is -2.05. The van der Waals surface area contributed by atoms with Gasteiger partial charge in [0.15, 0.2) is 0 Å². The Morgan fingerprint density at radius 1 is 1.25 bits per heavy atom. The fraction of sp³-hybridized carbons (Fsp3) is 1.00. The molecule has 0 saturated heterocycles. The van der Waals surface area contributed by atoms with Crippen molar-refractivity contribution in [3.63, 3.8) is 0 Å². The van der Waals surface area contributed by atoms with Gasteiger partial charge in [-0.3, -0.25) is 0 Å². The highest BCUT2D eigenvalue weighted by Crippen LogP contribution is 2.05. The van der Waals surface area contributed by atoms with Crippen LogP contribution in [0.25, 0.3) is 0 Å². The lowest BCUT2D eigenvalue weighted by Crippen LogP contribution is -2.18. The Morgan fingerprint density at radius 3 is 2.58 bits per heavy atom. The van der Waals surface area contributed by atoms with Gasteiger partial charge in [-0.15, -0.1) is 0 Å². The van der Waals surface area contributed by atoms with Gasteiger partial charge in [-0.05, 0) is 24.6 Å². The summed E-state index contributed by atoms with van der Waals surface area (Å²) in [6.45, 7) is 9.15. The summed E-state index contributed by atoms with van der Waals surface area (Å²) in [5.41, 5.74) is 0. The van der Waals surface area contributed by atoms with Gasteiger partial charge in [-0.1, -0.05) is 27.2 Å². The molecule has 0 radical (unpaired) electrons. The molecule has 2 heteroatoms. The van der Waals surface area contributed by atoms with E-state index in [0.29, 0.717) is 0 Å². The van der Waals surface area contributed by atoms with Crippen LogP contribution in [0.1, 0.15) is 33.6 Å². The number of thioether (sulfide) groups is 1. The Kier molecular flexibility index (Phi) is 9.64. The number of unbranched alkanes of at least 4 members (excludes halogenated alkanes) is 1. The van der Waals surface area contributed by atoms with Crippen molar-refractivity contribution < 1.29 is 0 Å². The monoisotopic (exact) mass is 189 g/mol. The summed E-state index contributed by atoms with van der Waals surface area (Å²) in [6.07, 6.45) is 2.61. The average Bonchev–Trinajstić information content (AvgIpc) is 2.02. The highest BCUT2D eigenvalue weighted by atomic mass is 32.2. The average molecular weight is 189 g/mol. The molecule has 0 aromatic heterocycles. The Balaban J connectivity index is 2.82. The Bertz CT molecular complexity index is 83.9. The van der Waals surface area contributed by atoms with Crippen LogP contribution in [-0.4, -0.2) is 24.6 Å². The first-order chi connectivity index (χ1) is 5.77. The molecule has 12 heavy (non-hydrogen) atoms. The zero-order valence-corrected chi connectivity index (χ0v) is 9.54. The molecule has 0 aliphatic heterocycles. The zero-order valence-electron chi connectivity index (χ0n) is 8.73. The van der Waals surface area contributed by atoms with Crippen LogP contribution in [0.15, 0.2) is 0 Å². The van der Waals surface area contributed by atoms with Crippen molar-refractivity contribution in [3.05, 3.63) is 0 Å². The first kappa shape index (κ1) is 12.3. The molecule has 0 spiro atoms. The molecule has 0 unspecified atom stereocenters. The third kappa shape index (κ3) is 10.3. The van der Waals surface area contributed by atoms with Gasteiger partial charge in [0.1, 0.15) is 0 Å². The molecule has 0 fully saturated rings. The molecule has 0 bridgehead atoms. The van der Waals surface area contributed by atoms with Crippen molar-refractivity contribution in [2.45, 2.75) is 33.6 Å². The van der Waals surface area contributed by atoms with E-state index in [4.69, 9.17) is 0 Å². The summed E-state index contributed by atoms with van der Waals surface area (Å²) < 4.78 is 0. The number of rotatable bonds is 8. The van der Waals surface area contributed by atoms with Gasteiger partial charge < -0.3 is 5.32 Å². The van der Waals surface area contributed by atoms with Gasteiger partial charge in [0, 0.05) is 12.3 Å². The molecular weight excluding hydrogens is 166 g/mol. The van der Waals surface area contributed by atoms with E-state index in [2.05, 4.69) is 37.8 Å². The van der Waals surface area contributed by atoms with Crippen LogP contribution >= 0.6 is 11.8 Å². The van der Waals surface area contributed by atoms with Crippen molar-refractivity contribution in [2.24, 2.45) is 5.92 Å². The van der Waals surface area contributed by atoms with Crippen LogP contribution in [0.2, 0.25) is 0 Å². The van der Waals surface area contributed by atoms with E-state index in [1.807, 2.05) is 0 Å². The maximum atomic E-state index is 3.44. The number of hydrogen-bond acceptors (Lipinski definition) is 2. The molecule has 1 N–H and O–H groups in total. The summed E-state index contributed by atoms with van der Waals surface area (Å²) in [6, 6.07) is 0. The van der Waals surface area contributed by atoms with Gasteiger partial charge in [0.05, 0.1) is 0 Å². The van der Waals surface area contributed by atoms with Crippen molar-refractivity contribution in [1.29, 1.82) is 0 Å². The van der Waals surface area contributed by atoms with Crippen LogP contribution in [-0.2, 0) is 0 Å².